The van der Waals surface area contributed by atoms with Gasteiger partial charge in [0.05, 0.1) is 17.9 Å². The number of nitrogens with zero attached hydrogens (tertiary/aromatic N) is 3. The van der Waals surface area contributed by atoms with Crippen molar-refractivity contribution in [3.05, 3.63) is 61.4 Å². The Morgan fingerprint density at radius 1 is 1.30 bits per heavy atom. The number of benzene rings is 1. The van der Waals surface area contributed by atoms with Crippen LogP contribution in [0, 0.1) is 0 Å². The zero-order chi connectivity index (χ0) is 18.8. The number of hydrogen-bond acceptors (Lipinski definition) is 5. The maximum Gasteiger partial charge on any atom is 0.262 e. The summed E-state index contributed by atoms with van der Waals surface area (Å²) in [6.07, 6.45) is 7.20. The Kier molecular flexibility index (Phi) is 5.18. The topological polar surface area (TPSA) is 76.3 Å². The van der Waals surface area contributed by atoms with E-state index in [-0.39, 0.29) is 18.0 Å². The van der Waals surface area contributed by atoms with Gasteiger partial charge in [0.2, 0.25) is 0 Å². The molecule has 2 heterocycles. The third-order valence-corrected chi connectivity index (χ3v) is 6.26. The van der Waals surface area contributed by atoms with Gasteiger partial charge in [0.25, 0.3) is 11.5 Å². The van der Waals surface area contributed by atoms with E-state index in [1.807, 2.05) is 24.3 Å². The average Bonchev–Trinajstić information content (AvgIpc) is 3.05. The van der Waals surface area contributed by atoms with E-state index in [0.717, 1.165) is 46.1 Å². The SMILES string of the molecule is O=C(Cn1cnc2sc3c(c2c1=O)CCCC3)NN=Cc1ccc(Br)cc1. The summed E-state index contributed by atoms with van der Waals surface area (Å²) < 4.78 is 2.33. The predicted octanol–water partition coefficient (Wildman–Crippen LogP) is 3.25. The van der Waals surface area contributed by atoms with Crippen LogP contribution in [0.1, 0.15) is 28.8 Å². The molecule has 6 nitrogen and oxygen atoms in total. The lowest BCUT2D eigenvalue weighted by molar-refractivity contribution is -0.121. The molecular formula is C19H17BrN4O2S. The molecule has 0 spiro atoms. The van der Waals surface area contributed by atoms with Crippen molar-refractivity contribution in [3.8, 4) is 0 Å². The van der Waals surface area contributed by atoms with E-state index >= 15 is 0 Å². The fourth-order valence-corrected chi connectivity index (χ4v) is 4.70. The average molecular weight is 445 g/mol. The summed E-state index contributed by atoms with van der Waals surface area (Å²) in [4.78, 5) is 31.4. The second-order valence-corrected chi connectivity index (χ2v) is 8.41. The first-order valence-electron chi connectivity index (χ1n) is 8.69. The Morgan fingerprint density at radius 2 is 2.07 bits per heavy atom. The lowest BCUT2D eigenvalue weighted by Crippen LogP contribution is -2.30. The van der Waals surface area contributed by atoms with E-state index < -0.39 is 0 Å². The molecule has 0 saturated carbocycles. The van der Waals surface area contributed by atoms with Gasteiger partial charge in [-0.15, -0.1) is 11.3 Å². The second-order valence-electron chi connectivity index (χ2n) is 6.41. The van der Waals surface area contributed by atoms with Gasteiger partial charge in [0, 0.05) is 9.35 Å². The van der Waals surface area contributed by atoms with Crippen LogP contribution in [0.25, 0.3) is 10.2 Å². The number of aryl methyl sites for hydroxylation is 2. The number of amides is 1. The maximum absolute atomic E-state index is 12.8. The second kappa shape index (κ2) is 7.74. The van der Waals surface area contributed by atoms with E-state index in [2.05, 4.69) is 31.4 Å². The van der Waals surface area contributed by atoms with E-state index in [9.17, 15) is 9.59 Å². The van der Waals surface area contributed by atoms with Crippen molar-refractivity contribution in [3.63, 3.8) is 0 Å². The van der Waals surface area contributed by atoms with Crippen molar-refractivity contribution < 1.29 is 4.79 Å². The van der Waals surface area contributed by atoms with Gasteiger partial charge in [0.15, 0.2) is 0 Å². The molecule has 0 radical (unpaired) electrons. The molecule has 1 amide bonds. The molecule has 0 atom stereocenters. The van der Waals surface area contributed by atoms with Gasteiger partial charge in [0.1, 0.15) is 11.4 Å². The van der Waals surface area contributed by atoms with Crippen LogP contribution in [0.4, 0.5) is 0 Å². The summed E-state index contributed by atoms with van der Waals surface area (Å²) >= 11 is 4.97. The first-order valence-corrected chi connectivity index (χ1v) is 10.3. The van der Waals surface area contributed by atoms with Crippen LogP contribution >= 0.6 is 27.3 Å². The molecule has 1 aromatic carbocycles. The quantitative estimate of drug-likeness (QED) is 0.495. The third kappa shape index (κ3) is 3.86. The number of hydrogen-bond donors (Lipinski definition) is 1. The molecule has 27 heavy (non-hydrogen) atoms. The first kappa shape index (κ1) is 18.1. The molecule has 8 heteroatoms. The standard InChI is InChI=1S/C19H17BrN4O2S/c20-13-7-5-12(6-8-13)9-22-23-16(25)10-24-11-21-18-17(19(24)26)14-3-1-2-4-15(14)27-18/h5-9,11H,1-4,10H2,(H,23,25). The number of carbonyl (C=O) groups is 1. The van der Waals surface area contributed by atoms with Crippen LogP contribution in [0.3, 0.4) is 0 Å². The minimum Gasteiger partial charge on any atom is -0.289 e. The fraction of sp³-hybridized carbons (Fsp3) is 0.263. The van der Waals surface area contributed by atoms with Crippen LogP contribution in [0.2, 0.25) is 0 Å². The molecule has 0 aliphatic heterocycles. The summed E-state index contributed by atoms with van der Waals surface area (Å²) in [6, 6.07) is 7.54. The summed E-state index contributed by atoms with van der Waals surface area (Å²) in [6.45, 7) is -0.107. The summed E-state index contributed by atoms with van der Waals surface area (Å²) in [5, 5.41) is 4.63. The molecule has 138 valence electrons. The minimum atomic E-state index is -0.365. The van der Waals surface area contributed by atoms with Crippen LogP contribution < -0.4 is 11.0 Å². The summed E-state index contributed by atoms with van der Waals surface area (Å²) in [5.74, 6) is -0.365. The van der Waals surface area contributed by atoms with Gasteiger partial charge < -0.3 is 0 Å². The molecule has 2 aromatic heterocycles. The van der Waals surface area contributed by atoms with E-state index in [1.165, 1.54) is 15.8 Å². The minimum absolute atomic E-state index is 0.107. The van der Waals surface area contributed by atoms with Gasteiger partial charge in [-0.05, 0) is 48.9 Å². The monoisotopic (exact) mass is 444 g/mol. The van der Waals surface area contributed by atoms with E-state index in [1.54, 1.807) is 17.6 Å². The van der Waals surface area contributed by atoms with Crippen LogP contribution in [0.5, 0.6) is 0 Å². The molecule has 1 aliphatic carbocycles. The van der Waals surface area contributed by atoms with Gasteiger partial charge in [-0.25, -0.2) is 10.4 Å². The highest BCUT2D eigenvalue weighted by Crippen LogP contribution is 2.33. The van der Waals surface area contributed by atoms with Gasteiger partial charge in [-0.1, -0.05) is 28.1 Å². The zero-order valence-corrected chi connectivity index (χ0v) is 16.8. The highest BCUT2D eigenvalue weighted by Gasteiger charge is 2.20. The largest absolute Gasteiger partial charge is 0.289 e. The Balaban J connectivity index is 1.49. The van der Waals surface area contributed by atoms with Crippen molar-refractivity contribution in [2.24, 2.45) is 5.10 Å². The lowest BCUT2D eigenvalue weighted by Gasteiger charge is -2.10. The number of hydrazone groups is 1. The molecule has 0 fully saturated rings. The lowest BCUT2D eigenvalue weighted by atomic mass is 9.97. The van der Waals surface area contributed by atoms with Crippen molar-refractivity contribution >= 4 is 49.6 Å². The number of rotatable bonds is 4. The Labute approximate surface area is 168 Å². The van der Waals surface area contributed by atoms with Gasteiger partial charge in [-0.2, -0.15) is 5.10 Å². The molecule has 1 N–H and O–H groups in total. The predicted molar refractivity (Wildman–Crippen MR) is 110 cm³/mol. The highest BCUT2D eigenvalue weighted by atomic mass is 79.9. The molecule has 0 unspecified atom stereocenters. The Bertz CT molecular complexity index is 1090. The van der Waals surface area contributed by atoms with Crippen molar-refractivity contribution in [2.45, 2.75) is 32.2 Å². The van der Waals surface area contributed by atoms with Crippen LogP contribution in [-0.4, -0.2) is 21.7 Å². The smallest absolute Gasteiger partial charge is 0.262 e. The zero-order valence-electron chi connectivity index (χ0n) is 14.4. The number of nitrogens with one attached hydrogen (secondary N) is 1. The summed E-state index contributed by atoms with van der Waals surface area (Å²) in [7, 11) is 0. The van der Waals surface area contributed by atoms with Crippen molar-refractivity contribution in [2.75, 3.05) is 0 Å². The van der Waals surface area contributed by atoms with Gasteiger partial charge in [-0.3, -0.25) is 14.2 Å². The van der Waals surface area contributed by atoms with E-state index in [4.69, 9.17) is 0 Å². The normalized spacial score (nSPS) is 13.8. The van der Waals surface area contributed by atoms with Crippen LogP contribution in [-0.2, 0) is 24.2 Å². The van der Waals surface area contributed by atoms with Gasteiger partial charge >= 0.3 is 0 Å². The Hall–Kier alpha value is -2.32. The molecule has 0 saturated heterocycles. The summed E-state index contributed by atoms with van der Waals surface area (Å²) in [5.41, 5.74) is 4.30. The number of aromatic nitrogens is 2. The number of thiophene rings is 1. The first-order chi connectivity index (χ1) is 13.1. The highest BCUT2D eigenvalue weighted by molar-refractivity contribution is 9.10. The molecule has 3 aromatic rings. The number of fused-ring (bicyclic) bond motifs is 3. The molecule has 4 rings (SSSR count). The molecular weight excluding hydrogens is 428 g/mol. The molecule has 1 aliphatic rings. The molecule has 0 bridgehead atoms. The number of halogens is 1. The van der Waals surface area contributed by atoms with Crippen LogP contribution in [0.15, 0.2) is 45.0 Å². The maximum atomic E-state index is 12.8. The fourth-order valence-electron chi connectivity index (χ4n) is 3.21. The third-order valence-electron chi connectivity index (χ3n) is 4.53. The van der Waals surface area contributed by atoms with E-state index in [0.29, 0.717) is 5.39 Å². The van der Waals surface area contributed by atoms with Crippen molar-refractivity contribution in [1.82, 2.24) is 15.0 Å². The van der Waals surface area contributed by atoms with Crippen molar-refractivity contribution in [1.29, 1.82) is 0 Å². The Morgan fingerprint density at radius 3 is 2.89 bits per heavy atom. The number of carbonyl (C=O) groups excluding carboxylic acids is 1.